The molecule has 6 nitrogen and oxygen atoms in total. The van der Waals surface area contributed by atoms with E-state index in [0.717, 1.165) is 12.8 Å². The topological polar surface area (TPSA) is 75.9 Å². The number of nitrogens with zero attached hydrogens (tertiary/aromatic N) is 2. The summed E-state index contributed by atoms with van der Waals surface area (Å²) < 4.78 is 5.37. The smallest absolute Gasteiger partial charge is 0.410 e. The molecule has 0 unspecified atom stereocenters. The lowest BCUT2D eigenvalue weighted by Gasteiger charge is -2.35. The fourth-order valence-electron chi connectivity index (χ4n) is 2.45. The van der Waals surface area contributed by atoms with E-state index in [0.29, 0.717) is 25.6 Å². The number of carbonyl (C=O) groups excluding carboxylic acids is 2. The van der Waals surface area contributed by atoms with Crippen LogP contribution in [0.3, 0.4) is 0 Å². The molecule has 2 N–H and O–H groups in total. The van der Waals surface area contributed by atoms with Crippen molar-refractivity contribution in [1.82, 2.24) is 9.80 Å². The molecule has 0 saturated carbocycles. The molecule has 0 aromatic heterocycles. The van der Waals surface area contributed by atoms with Gasteiger partial charge in [-0.1, -0.05) is 0 Å². The molecule has 1 saturated heterocycles. The third-order valence-electron chi connectivity index (χ3n) is 3.56. The monoisotopic (exact) mass is 299 g/mol. The summed E-state index contributed by atoms with van der Waals surface area (Å²) in [6, 6.07) is -0.461. The predicted molar refractivity (Wildman–Crippen MR) is 81.8 cm³/mol. The van der Waals surface area contributed by atoms with Crippen LogP contribution >= 0.6 is 0 Å². The quantitative estimate of drug-likeness (QED) is 0.855. The van der Waals surface area contributed by atoms with Gasteiger partial charge in [-0.15, -0.1) is 0 Å². The Hall–Kier alpha value is -1.30. The van der Waals surface area contributed by atoms with E-state index in [-0.39, 0.29) is 12.0 Å². The molecule has 0 aromatic rings. The normalized spacial score (nSPS) is 18.3. The number of hydrogen-bond donors (Lipinski definition) is 1. The molecule has 1 atom stereocenters. The Morgan fingerprint density at radius 3 is 2.29 bits per heavy atom. The molecule has 1 aliphatic rings. The summed E-state index contributed by atoms with van der Waals surface area (Å²) in [5, 5.41) is 0. The number of likely N-dealkylation sites (N-methyl/N-ethyl adjacent to an activating group) is 1. The Kier molecular flexibility index (Phi) is 6.01. The molecule has 1 fully saturated rings. The summed E-state index contributed by atoms with van der Waals surface area (Å²) in [4.78, 5) is 27.2. The van der Waals surface area contributed by atoms with Crippen molar-refractivity contribution in [3.05, 3.63) is 0 Å². The third kappa shape index (κ3) is 5.91. The van der Waals surface area contributed by atoms with Gasteiger partial charge in [0.25, 0.3) is 0 Å². The first kappa shape index (κ1) is 17.8. The summed E-state index contributed by atoms with van der Waals surface area (Å²) in [5.74, 6) is 0.376. The van der Waals surface area contributed by atoms with Gasteiger partial charge < -0.3 is 20.3 Å². The van der Waals surface area contributed by atoms with Crippen LogP contribution in [0.5, 0.6) is 0 Å². The van der Waals surface area contributed by atoms with Crippen LogP contribution in [0.4, 0.5) is 4.79 Å². The van der Waals surface area contributed by atoms with Crippen LogP contribution in [0.15, 0.2) is 0 Å². The summed E-state index contributed by atoms with van der Waals surface area (Å²) in [5.41, 5.74) is 5.14. The molecule has 2 amide bonds. The summed E-state index contributed by atoms with van der Waals surface area (Å²) >= 11 is 0. The van der Waals surface area contributed by atoms with Crippen molar-refractivity contribution in [3.63, 3.8) is 0 Å². The van der Waals surface area contributed by atoms with Crippen LogP contribution in [0, 0.1) is 5.92 Å². The van der Waals surface area contributed by atoms with Gasteiger partial charge in [-0.05, 0) is 46.5 Å². The molecule has 1 heterocycles. The Bertz CT molecular complexity index is 369. The number of amides is 2. The highest BCUT2D eigenvalue weighted by atomic mass is 16.6. The lowest BCUT2D eigenvalue weighted by atomic mass is 9.96. The minimum absolute atomic E-state index is 0.0374. The van der Waals surface area contributed by atoms with Gasteiger partial charge in [-0.2, -0.15) is 0 Å². The number of ether oxygens (including phenoxy) is 1. The van der Waals surface area contributed by atoms with E-state index in [1.807, 2.05) is 20.8 Å². The van der Waals surface area contributed by atoms with E-state index in [1.54, 1.807) is 23.8 Å². The predicted octanol–water partition coefficient (Wildman–Crippen LogP) is 1.44. The van der Waals surface area contributed by atoms with E-state index in [4.69, 9.17) is 10.5 Å². The number of piperidine rings is 1. The van der Waals surface area contributed by atoms with Crippen molar-refractivity contribution in [2.24, 2.45) is 11.7 Å². The molecule has 1 rings (SSSR count). The first-order valence-corrected chi connectivity index (χ1v) is 7.58. The second-order valence-electron chi connectivity index (χ2n) is 6.92. The van der Waals surface area contributed by atoms with Crippen LogP contribution in [-0.2, 0) is 9.53 Å². The second kappa shape index (κ2) is 7.11. The fraction of sp³-hybridized carbons (Fsp3) is 0.867. The van der Waals surface area contributed by atoms with Crippen molar-refractivity contribution < 1.29 is 14.3 Å². The number of nitrogens with two attached hydrogens (primary N) is 1. The average Bonchev–Trinajstić information content (AvgIpc) is 2.36. The summed E-state index contributed by atoms with van der Waals surface area (Å²) in [7, 11) is 1.78. The second-order valence-corrected chi connectivity index (χ2v) is 6.92. The minimum Gasteiger partial charge on any atom is -0.444 e. The molecule has 0 spiro atoms. The molecule has 0 radical (unpaired) electrons. The van der Waals surface area contributed by atoms with Gasteiger partial charge in [0, 0.05) is 26.7 Å². The van der Waals surface area contributed by atoms with Crippen molar-refractivity contribution in [3.8, 4) is 0 Å². The van der Waals surface area contributed by atoms with Crippen molar-refractivity contribution in [1.29, 1.82) is 0 Å². The standard InChI is InChI=1S/C15H29N3O3/c1-11(16)13(19)17(5)10-12-6-8-18(9-7-12)14(20)21-15(2,3)4/h11-12H,6-10,16H2,1-5H3/t11-/m0/s1. The van der Waals surface area contributed by atoms with E-state index < -0.39 is 11.6 Å². The van der Waals surface area contributed by atoms with E-state index in [2.05, 4.69) is 0 Å². The van der Waals surface area contributed by atoms with E-state index in [1.165, 1.54) is 0 Å². The number of likely N-dealkylation sites (tertiary alicyclic amines) is 1. The van der Waals surface area contributed by atoms with Crippen LogP contribution in [0.2, 0.25) is 0 Å². The number of hydrogen-bond acceptors (Lipinski definition) is 4. The molecule has 0 aliphatic carbocycles. The Morgan fingerprint density at radius 2 is 1.86 bits per heavy atom. The van der Waals surface area contributed by atoms with Crippen LogP contribution in [-0.4, -0.2) is 60.1 Å². The number of carbonyl (C=O) groups is 2. The molecular weight excluding hydrogens is 270 g/mol. The van der Waals surface area contributed by atoms with Gasteiger partial charge in [0.1, 0.15) is 5.60 Å². The molecule has 1 aliphatic heterocycles. The third-order valence-corrected chi connectivity index (χ3v) is 3.56. The Labute approximate surface area is 127 Å². The zero-order valence-electron chi connectivity index (χ0n) is 13.9. The van der Waals surface area contributed by atoms with Gasteiger partial charge >= 0.3 is 6.09 Å². The largest absolute Gasteiger partial charge is 0.444 e. The number of rotatable bonds is 3. The van der Waals surface area contributed by atoms with Crippen LogP contribution < -0.4 is 5.73 Å². The highest BCUT2D eigenvalue weighted by Crippen LogP contribution is 2.20. The Balaban J connectivity index is 2.39. The van der Waals surface area contributed by atoms with Gasteiger partial charge in [-0.3, -0.25) is 4.79 Å². The van der Waals surface area contributed by atoms with Crippen LogP contribution in [0.25, 0.3) is 0 Å². The first-order chi connectivity index (χ1) is 9.60. The lowest BCUT2D eigenvalue weighted by Crippen LogP contribution is -2.46. The summed E-state index contributed by atoms with van der Waals surface area (Å²) in [6.07, 6.45) is 1.52. The first-order valence-electron chi connectivity index (χ1n) is 7.58. The van der Waals surface area contributed by atoms with E-state index in [9.17, 15) is 9.59 Å². The van der Waals surface area contributed by atoms with Gasteiger partial charge in [0.15, 0.2) is 0 Å². The average molecular weight is 299 g/mol. The molecule has 0 bridgehead atoms. The Morgan fingerprint density at radius 1 is 1.33 bits per heavy atom. The van der Waals surface area contributed by atoms with Crippen LogP contribution in [0.1, 0.15) is 40.5 Å². The molecule has 6 heteroatoms. The SMILES string of the molecule is C[C@H](N)C(=O)N(C)CC1CCN(C(=O)OC(C)(C)C)CC1. The molecule has 122 valence electrons. The van der Waals surface area contributed by atoms with Crippen molar-refractivity contribution >= 4 is 12.0 Å². The van der Waals surface area contributed by atoms with Gasteiger partial charge in [0.05, 0.1) is 6.04 Å². The van der Waals surface area contributed by atoms with Gasteiger partial charge in [0.2, 0.25) is 5.91 Å². The molecular formula is C15H29N3O3. The van der Waals surface area contributed by atoms with E-state index >= 15 is 0 Å². The molecule has 0 aromatic carbocycles. The zero-order valence-corrected chi connectivity index (χ0v) is 13.9. The minimum atomic E-state index is -0.461. The summed E-state index contributed by atoms with van der Waals surface area (Å²) in [6.45, 7) is 9.36. The zero-order chi connectivity index (χ0) is 16.2. The van der Waals surface area contributed by atoms with Crippen molar-refractivity contribution in [2.45, 2.75) is 52.2 Å². The maximum Gasteiger partial charge on any atom is 0.410 e. The lowest BCUT2D eigenvalue weighted by molar-refractivity contribution is -0.131. The highest BCUT2D eigenvalue weighted by molar-refractivity contribution is 5.80. The highest BCUT2D eigenvalue weighted by Gasteiger charge is 2.28. The molecule has 21 heavy (non-hydrogen) atoms. The van der Waals surface area contributed by atoms with Crippen molar-refractivity contribution in [2.75, 3.05) is 26.7 Å². The van der Waals surface area contributed by atoms with Gasteiger partial charge in [-0.25, -0.2) is 4.79 Å². The maximum absolute atomic E-state index is 12.0. The fourth-order valence-corrected chi connectivity index (χ4v) is 2.45. The maximum atomic E-state index is 12.0.